The maximum Gasteiger partial charge on any atom is 0.312 e. The molecule has 0 aromatic carbocycles. The number of methoxy groups -OCH3 is 1. The molecule has 5 heteroatoms. The molecule has 1 atom stereocenters. The molecule has 0 heterocycles. The molecule has 0 saturated heterocycles. The summed E-state index contributed by atoms with van der Waals surface area (Å²) in [5.41, 5.74) is 10.4. The number of ether oxygens (including phenoxy) is 1. The van der Waals surface area contributed by atoms with Gasteiger partial charge in [-0.25, -0.2) is 4.79 Å². The molecule has 0 aliphatic carbocycles. The molecular formula is C6H15N3O2. The Morgan fingerprint density at radius 3 is 2.82 bits per heavy atom. The quantitative estimate of drug-likeness (QED) is 0.484. The zero-order valence-corrected chi connectivity index (χ0v) is 6.67. The van der Waals surface area contributed by atoms with E-state index in [9.17, 15) is 4.79 Å². The van der Waals surface area contributed by atoms with Crippen LogP contribution in [0.3, 0.4) is 0 Å². The summed E-state index contributed by atoms with van der Waals surface area (Å²) >= 11 is 0. The van der Waals surface area contributed by atoms with Crippen LogP contribution in [0.4, 0.5) is 4.79 Å². The monoisotopic (exact) mass is 161 g/mol. The molecule has 0 aliphatic rings. The highest BCUT2D eigenvalue weighted by molar-refractivity contribution is 5.71. The molecule has 0 bridgehead atoms. The molecule has 1 unspecified atom stereocenters. The molecule has 5 N–H and O–H groups in total. The Bertz CT molecular complexity index is 118. The number of urea groups is 1. The molecule has 0 aliphatic heterocycles. The van der Waals surface area contributed by atoms with Gasteiger partial charge < -0.3 is 21.5 Å². The number of rotatable bonds is 5. The standard InChI is InChI=1S/C6H15N3O2/c1-11-4-5(7)2-3-9-6(8)10/h5H,2-4,7H2,1H3,(H3,8,9,10). The second-order valence-corrected chi connectivity index (χ2v) is 2.30. The van der Waals surface area contributed by atoms with Gasteiger partial charge in [0.05, 0.1) is 6.61 Å². The number of nitrogens with two attached hydrogens (primary N) is 2. The van der Waals surface area contributed by atoms with E-state index in [0.29, 0.717) is 19.6 Å². The smallest absolute Gasteiger partial charge is 0.312 e. The Morgan fingerprint density at radius 2 is 2.36 bits per heavy atom. The number of carbonyl (C=O) groups excluding carboxylic acids is 1. The van der Waals surface area contributed by atoms with Crippen LogP contribution in [0.2, 0.25) is 0 Å². The van der Waals surface area contributed by atoms with E-state index < -0.39 is 6.03 Å². The first-order valence-corrected chi connectivity index (χ1v) is 3.44. The lowest BCUT2D eigenvalue weighted by Gasteiger charge is -2.09. The van der Waals surface area contributed by atoms with Crippen LogP contribution in [0, 0.1) is 0 Å². The van der Waals surface area contributed by atoms with Crippen LogP contribution in [0.15, 0.2) is 0 Å². The highest BCUT2D eigenvalue weighted by Gasteiger charge is 2.00. The molecule has 0 fully saturated rings. The third-order valence-electron chi connectivity index (χ3n) is 1.20. The summed E-state index contributed by atoms with van der Waals surface area (Å²) in [6.45, 7) is 1.00. The van der Waals surface area contributed by atoms with E-state index in [0.717, 1.165) is 0 Å². The van der Waals surface area contributed by atoms with E-state index in [2.05, 4.69) is 5.32 Å². The molecule has 0 rings (SSSR count). The van der Waals surface area contributed by atoms with Crippen molar-refractivity contribution in [3.63, 3.8) is 0 Å². The van der Waals surface area contributed by atoms with Crippen LogP contribution in [0.5, 0.6) is 0 Å². The highest BCUT2D eigenvalue weighted by atomic mass is 16.5. The predicted octanol–water partition coefficient (Wildman–Crippen LogP) is -0.981. The van der Waals surface area contributed by atoms with Crippen molar-refractivity contribution in [1.82, 2.24) is 5.32 Å². The normalized spacial score (nSPS) is 12.5. The minimum absolute atomic E-state index is 0.0353. The van der Waals surface area contributed by atoms with Gasteiger partial charge in [0.2, 0.25) is 0 Å². The van der Waals surface area contributed by atoms with Crippen LogP contribution in [-0.2, 0) is 4.74 Å². The maximum atomic E-state index is 10.2. The maximum absolute atomic E-state index is 10.2. The molecule has 5 nitrogen and oxygen atoms in total. The lowest BCUT2D eigenvalue weighted by atomic mass is 10.2. The molecular weight excluding hydrogens is 146 g/mol. The van der Waals surface area contributed by atoms with Crippen LogP contribution in [0.1, 0.15) is 6.42 Å². The van der Waals surface area contributed by atoms with Crippen molar-refractivity contribution < 1.29 is 9.53 Å². The van der Waals surface area contributed by atoms with Crippen LogP contribution < -0.4 is 16.8 Å². The Morgan fingerprint density at radius 1 is 1.73 bits per heavy atom. The van der Waals surface area contributed by atoms with Gasteiger partial charge >= 0.3 is 6.03 Å². The number of amides is 2. The summed E-state index contributed by atoms with van der Waals surface area (Å²) in [6, 6.07) is -0.554. The largest absolute Gasteiger partial charge is 0.383 e. The molecule has 0 saturated carbocycles. The number of nitrogens with one attached hydrogen (secondary N) is 1. The second kappa shape index (κ2) is 5.94. The Balaban J connectivity index is 3.16. The second-order valence-electron chi connectivity index (χ2n) is 2.30. The molecule has 0 aromatic rings. The minimum atomic E-state index is -0.519. The third-order valence-corrected chi connectivity index (χ3v) is 1.20. The highest BCUT2D eigenvalue weighted by Crippen LogP contribution is 1.85. The lowest BCUT2D eigenvalue weighted by molar-refractivity contribution is 0.177. The van der Waals surface area contributed by atoms with E-state index in [-0.39, 0.29) is 6.04 Å². The Labute approximate surface area is 66.1 Å². The Kier molecular flexibility index (Phi) is 5.50. The first kappa shape index (κ1) is 10.2. The molecule has 2 amide bonds. The van der Waals surface area contributed by atoms with Crippen LogP contribution >= 0.6 is 0 Å². The molecule has 11 heavy (non-hydrogen) atoms. The van der Waals surface area contributed by atoms with E-state index in [1.54, 1.807) is 7.11 Å². The zero-order valence-electron chi connectivity index (χ0n) is 6.67. The van der Waals surface area contributed by atoms with E-state index in [4.69, 9.17) is 16.2 Å². The van der Waals surface area contributed by atoms with Gasteiger partial charge in [-0.15, -0.1) is 0 Å². The number of hydrogen-bond donors (Lipinski definition) is 3. The summed E-state index contributed by atoms with van der Waals surface area (Å²) in [4.78, 5) is 10.2. The minimum Gasteiger partial charge on any atom is -0.383 e. The topological polar surface area (TPSA) is 90.4 Å². The van der Waals surface area contributed by atoms with Crippen LogP contribution in [-0.4, -0.2) is 32.3 Å². The van der Waals surface area contributed by atoms with Gasteiger partial charge in [-0.05, 0) is 6.42 Å². The summed E-state index contributed by atoms with van der Waals surface area (Å²) in [6.07, 6.45) is 0.677. The molecule has 0 aromatic heterocycles. The van der Waals surface area contributed by atoms with E-state index in [1.165, 1.54) is 0 Å². The van der Waals surface area contributed by atoms with Crippen molar-refractivity contribution in [3.05, 3.63) is 0 Å². The fourth-order valence-corrected chi connectivity index (χ4v) is 0.678. The Hall–Kier alpha value is -0.810. The fourth-order valence-electron chi connectivity index (χ4n) is 0.678. The first-order chi connectivity index (χ1) is 5.16. The molecule has 66 valence electrons. The van der Waals surface area contributed by atoms with Gasteiger partial charge in [0, 0.05) is 19.7 Å². The number of hydrogen-bond acceptors (Lipinski definition) is 3. The number of primary amides is 1. The third kappa shape index (κ3) is 7.08. The van der Waals surface area contributed by atoms with Gasteiger partial charge in [-0.2, -0.15) is 0 Å². The fraction of sp³-hybridized carbons (Fsp3) is 0.833. The summed E-state index contributed by atoms with van der Waals surface area (Å²) in [5.74, 6) is 0. The predicted molar refractivity (Wildman–Crippen MR) is 42.1 cm³/mol. The van der Waals surface area contributed by atoms with Gasteiger partial charge in [-0.3, -0.25) is 0 Å². The lowest BCUT2D eigenvalue weighted by Crippen LogP contribution is -2.35. The van der Waals surface area contributed by atoms with Crippen LogP contribution in [0.25, 0.3) is 0 Å². The summed E-state index contributed by atoms with van der Waals surface area (Å²) in [5, 5.41) is 2.44. The van der Waals surface area contributed by atoms with Crippen molar-refractivity contribution in [2.45, 2.75) is 12.5 Å². The van der Waals surface area contributed by atoms with Crippen molar-refractivity contribution >= 4 is 6.03 Å². The average molecular weight is 161 g/mol. The molecule has 0 radical (unpaired) electrons. The molecule has 0 spiro atoms. The average Bonchev–Trinajstić information content (AvgIpc) is 1.87. The van der Waals surface area contributed by atoms with E-state index in [1.807, 2.05) is 0 Å². The number of carbonyl (C=O) groups is 1. The zero-order chi connectivity index (χ0) is 8.69. The van der Waals surface area contributed by atoms with Crippen molar-refractivity contribution in [2.24, 2.45) is 11.5 Å². The first-order valence-electron chi connectivity index (χ1n) is 3.44. The summed E-state index contributed by atoms with van der Waals surface area (Å²) < 4.78 is 4.79. The summed E-state index contributed by atoms with van der Waals surface area (Å²) in [7, 11) is 1.58. The SMILES string of the molecule is COCC(N)CCNC(N)=O. The van der Waals surface area contributed by atoms with Gasteiger partial charge in [-0.1, -0.05) is 0 Å². The van der Waals surface area contributed by atoms with Gasteiger partial charge in [0.15, 0.2) is 0 Å². The van der Waals surface area contributed by atoms with Crippen molar-refractivity contribution in [1.29, 1.82) is 0 Å². The van der Waals surface area contributed by atoms with Gasteiger partial charge in [0.1, 0.15) is 0 Å². The van der Waals surface area contributed by atoms with Crippen molar-refractivity contribution in [3.8, 4) is 0 Å². The van der Waals surface area contributed by atoms with Gasteiger partial charge in [0.25, 0.3) is 0 Å². The van der Waals surface area contributed by atoms with Crippen molar-refractivity contribution in [2.75, 3.05) is 20.3 Å². The van der Waals surface area contributed by atoms with E-state index >= 15 is 0 Å².